The van der Waals surface area contributed by atoms with E-state index in [1.54, 1.807) is 10.6 Å². The first-order chi connectivity index (χ1) is 11.6. The number of aryl methyl sites for hydroxylation is 1. The Kier molecular flexibility index (Phi) is 3.62. The van der Waals surface area contributed by atoms with Crippen molar-refractivity contribution in [1.29, 1.82) is 5.26 Å². The number of hydrogen-bond donors (Lipinski definition) is 1. The molecule has 0 aliphatic heterocycles. The van der Waals surface area contributed by atoms with Crippen LogP contribution in [0.5, 0.6) is 0 Å². The standard InChI is InChI=1S/C18H16ClN5/c1-11-5-12(9-20)7-14(6-11)22-17-8-16(19)23-18-15(10-21-24(17)18)13-3-2-4-13/h5-8,10,13,22H,2-4H2,1H3. The summed E-state index contributed by atoms with van der Waals surface area (Å²) in [5, 5.41) is 17.4. The predicted molar refractivity (Wildman–Crippen MR) is 93.8 cm³/mol. The summed E-state index contributed by atoms with van der Waals surface area (Å²) in [6, 6.07) is 9.57. The second-order valence-corrected chi connectivity index (χ2v) is 6.64. The van der Waals surface area contributed by atoms with E-state index in [-0.39, 0.29) is 0 Å². The van der Waals surface area contributed by atoms with Crippen LogP contribution in [0.1, 0.15) is 41.9 Å². The van der Waals surface area contributed by atoms with Crippen molar-refractivity contribution in [2.75, 3.05) is 5.32 Å². The maximum absolute atomic E-state index is 9.14. The van der Waals surface area contributed by atoms with Crippen molar-refractivity contribution in [3.05, 3.63) is 52.3 Å². The quantitative estimate of drug-likeness (QED) is 0.711. The smallest absolute Gasteiger partial charge is 0.162 e. The van der Waals surface area contributed by atoms with Gasteiger partial charge in [0.2, 0.25) is 0 Å². The van der Waals surface area contributed by atoms with E-state index in [0.717, 1.165) is 28.3 Å². The van der Waals surface area contributed by atoms with Gasteiger partial charge in [-0.15, -0.1) is 0 Å². The van der Waals surface area contributed by atoms with Crippen molar-refractivity contribution >= 4 is 28.8 Å². The number of nitrogens with zero attached hydrogens (tertiary/aromatic N) is 4. The lowest BCUT2D eigenvalue weighted by atomic mass is 9.81. The lowest BCUT2D eigenvalue weighted by Gasteiger charge is -2.24. The van der Waals surface area contributed by atoms with E-state index in [9.17, 15) is 0 Å². The third-order valence-corrected chi connectivity index (χ3v) is 4.69. The summed E-state index contributed by atoms with van der Waals surface area (Å²) in [4.78, 5) is 4.47. The largest absolute Gasteiger partial charge is 0.340 e. The highest BCUT2D eigenvalue weighted by molar-refractivity contribution is 6.29. The predicted octanol–water partition coefficient (Wildman–Crippen LogP) is 4.57. The molecule has 1 N–H and O–H groups in total. The van der Waals surface area contributed by atoms with Crippen LogP contribution in [0.4, 0.5) is 11.5 Å². The molecule has 3 aromatic rings. The Morgan fingerprint density at radius 3 is 2.83 bits per heavy atom. The molecule has 1 aliphatic rings. The molecular formula is C18H16ClN5. The van der Waals surface area contributed by atoms with Crippen molar-refractivity contribution in [2.24, 2.45) is 0 Å². The number of halogens is 1. The van der Waals surface area contributed by atoms with Crippen LogP contribution in [0.2, 0.25) is 5.15 Å². The van der Waals surface area contributed by atoms with Gasteiger partial charge in [0.25, 0.3) is 0 Å². The highest BCUT2D eigenvalue weighted by atomic mass is 35.5. The van der Waals surface area contributed by atoms with E-state index >= 15 is 0 Å². The Balaban J connectivity index is 1.78. The molecule has 0 saturated heterocycles. The fraction of sp³-hybridized carbons (Fsp3) is 0.278. The maximum atomic E-state index is 9.14. The normalized spacial score (nSPS) is 14.4. The molecule has 2 aromatic heterocycles. The van der Waals surface area contributed by atoms with E-state index < -0.39 is 0 Å². The van der Waals surface area contributed by atoms with Crippen molar-refractivity contribution < 1.29 is 0 Å². The number of rotatable bonds is 3. The molecule has 2 heterocycles. The molecule has 0 unspecified atom stereocenters. The Bertz CT molecular complexity index is 965. The number of hydrogen-bond acceptors (Lipinski definition) is 4. The van der Waals surface area contributed by atoms with E-state index in [1.165, 1.54) is 19.3 Å². The summed E-state index contributed by atoms with van der Waals surface area (Å²) in [7, 11) is 0. The Hall–Kier alpha value is -2.58. The van der Waals surface area contributed by atoms with Gasteiger partial charge in [-0.05, 0) is 49.4 Å². The van der Waals surface area contributed by atoms with Crippen LogP contribution >= 0.6 is 11.6 Å². The SMILES string of the molecule is Cc1cc(C#N)cc(Nc2cc(Cl)nc3c(C4CCC4)cnn23)c1. The van der Waals surface area contributed by atoms with Gasteiger partial charge in [0.05, 0.1) is 17.8 Å². The zero-order chi connectivity index (χ0) is 16.7. The molecule has 4 rings (SSSR count). The number of anilines is 2. The summed E-state index contributed by atoms with van der Waals surface area (Å²) in [6.45, 7) is 1.96. The van der Waals surface area contributed by atoms with Gasteiger partial charge in [0.15, 0.2) is 5.65 Å². The van der Waals surface area contributed by atoms with Crippen LogP contribution in [-0.2, 0) is 0 Å². The van der Waals surface area contributed by atoms with Gasteiger partial charge >= 0.3 is 0 Å². The Labute approximate surface area is 144 Å². The van der Waals surface area contributed by atoms with Crippen molar-refractivity contribution in [1.82, 2.24) is 14.6 Å². The number of benzene rings is 1. The van der Waals surface area contributed by atoms with Gasteiger partial charge in [-0.2, -0.15) is 14.9 Å². The lowest BCUT2D eigenvalue weighted by molar-refractivity contribution is 0.421. The Morgan fingerprint density at radius 2 is 2.12 bits per heavy atom. The molecule has 0 spiro atoms. The molecule has 1 fully saturated rings. The number of nitriles is 1. The van der Waals surface area contributed by atoms with Gasteiger partial charge in [-0.25, -0.2) is 4.98 Å². The highest BCUT2D eigenvalue weighted by Gasteiger charge is 2.24. The summed E-state index contributed by atoms with van der Waals surface area (Å²) in [5.74, 6) is 1.27. The average Bonchev–Trinajstić information content (AvgIpc) is 2.88. The molecule has 1 saturated carbocycles. The molecule has 0 radical (unpaired) electrons. The molecule has 0 amide bonds. The van der Waals surface area contributed by atoms with Gasteiger partial charge in [0.1, 0.15) is 11.0 Å². The average molecular weight is 338 g/mol. The summed E-state index contributed by atoms with van der Waals surface area (Å²) < 4.78 is 1.79. The molecule has 1 aromatic carbocycles. The molecule has 5 nitrogen and oxygen atoms in total. The van der Waals surface area contributed by atoms with E-state index in [4.69, 9.17) is 16.9 Å². The molecule has 1 aliphatic carbocycles. The van der Waals surface area contributed by atoms with Gasteiger partial charge < -0.3 is 5.32 Å². The molecule has 0 bridgehead atoms. The van der Waals surface area contributed by atoms with E-state index in [2.05, 4.69) is 21.5 Å². The minimum atomic E-state index is 0.430. The van der Waals surface area contributed by atoms with Crippen LogP contribution in [0.3, 0.4) is 0 Å². The van der Waals surface area contributed by atoms with E-state index in [0.29, 0.717) is 16.6 Å². The van der Waals surface area contributed by atoms with Crippen molar-refractivity contribution in [2.45, 2.75) is 32.1 Å². The molecule has 120 valence electrons. The van der Waals surface area contributed by atoms with Crippen molar-refractivity contribution in [3.63, 3.8) is 0 Å². The van der Waals surface area contributed by atoms with Gasteiger partial charge in [0, 0.05) is 17.3 Å². The van der Waals surface area contributed by atoms with Crippen LogP contribution in [0.15, 0.2) is 30.5 Å². The minimum absolute atomic E-state index is 0.430. The summed E-state index contributed by atoms with van der Waals surface area (Å²) in [5.41, 5.74) is 4.43. The number of fused-ring (bicyclic) bond motifs is 1. The number of aromatic nitrogens is 3. The van der Waals surface area contributed by atoms with Crippen LogP contribution in [-0.4, -0.2) is 14.6 Å². The molecular weight excluding hydrogens is 322 g/mol. The van der Waals surface area contributed by atoms with Gasteiger partial charge in [-0.1, -0.05) is 18.0 Å². The monoisotopic (exact) mass is 337 g/mol. The van der Waals surface area contributed by atoms with Gasteiger partial charge in [-0.3, -0.25) is 0 Å². The molecule has 24 heavy (non-hydrogen) atoms. The van der Waals surface area contributed by atoms with Crippen LogP contribution < -0.4 is 5.32 Å². The third kappa shape index (κ3) is 2.59. The second kappa shape index (κ2) is 5.81. The molecule has 0 atom stereocenters. The lowest BCUT2D eigenvalue weighted by Crippen LogP contribution is -2.09. The third-order valence-electron chi connectivity index (χ3n) is 4.49. The minimum Gasteiger partial charge on any atom is -0.340 e. The fourth-order valence-electron chi connectivity index (χ4n) is 3.11. The zero-order valence-electron chi connectivity index (χ0n) is 13.3. The topological polar surface area (TPSA) is 66.0 Å². The first-order valence-electron chi connectivity index (χ1n) is 7.97. The van der Waals surface area contributed by atoms with Crippen molar-refractivity contribution in [3.8, 4) is 6.07 Å². The first-order valence-corrected chi connectivity index (χ1v) is 8.35. The van der Waals surface area contributed by atoms with E-state index in [1.807, 2.05) is 31.3 Å². The first kappa shape index (κ1) is 15.0. The Morgan fingerprint density at radius 1 is 1.29 bits per heavy atom. The second-order valence-electron chi connectivity index (χ2n) is 6.25. The van der Waals surface area contributed by atoms with Crippen LogP contribution in [0, 0.1) is 18.3 Å². The van der Waals surface area contributed by atoms with Crippen LogP contribution in [0.25, 0.3) is 5.65 Å². The highest BCUT2D eigenvalue weighted by Crippen LogP contribution is 2.38. The maximum Gasteiger partial charge on any atom is 0.162 e. The molecule has 6 heteroatoms. The summed E-state index contributed by atoms with van der Waals surface area (Å²) in [6.07, 6.45) is 5.52. The zero-order valence-corrected chi connectivity index (χ0v) is 14.0. The fourth-order valence-corrected chi connectivity index (χ4v) is 3.30. The number of nitrogens with one attached hydrogen (secondary N) is 1. The summed E-state index contributed by atoms with van der Waals surface area (Å²) >= 11 is 6.23.